The van der Waals surface area contributed by atoms with Crippen molar-refractivity contribution in [2.24, 2.45) is 11.7 Å². The molecule has 0 aliphatic heterocycles. The van der Waals surface area contributed by atoms with E-state index in [0.29, 0.717) is 5.92 Å². The van der Waals surface area contributed by atoms with E-state index in [1.54, 1.807) is 0 Å². The molecule has 1 heterocycles. The summed E-state index contributed by atoms with van der Waals surface area (Å²) in [5, 5.41) is 5.16. The van der Waals surface area contributed by atoms with Gasteiger partial charge in [0, 0.05) is 17.6 Å². The number of aromatic amines is 1. The molecule has 0 saturated carbocycles. The second kappa shape index (κ2) is 6.76. The molecule has 0 aliphatic rings. The van der Waals surface area contributed by atoms with Crippen molar-refractivity contribution in [3.05, 3.63) is 20.7 Å². The summed E-state index contributed by atoms with van der Waals surface area (Å²) in [6.45, 7) is 4.53. The molecule has 15 heavy (non-hydrogen) atoms. The third kappa shape index (κ3) is 4.59. The minimum atomic E-state index is 0.00994. The fourth-order valence-electron chi connectivity index (χ4n) is 1.52. The zero-order chi connectivity index (χ0) is 11.1. The fourth-order valence-corrected chi connectivity index (χ4v) is 2.10. The smallest absolute Gasteiger partial charge is 0.304 e. The largest absolute Gasteiger partial charge is 0.330 e. The van der Waals surface area contributed by atoms with E-state index in [2.05, 4.69) is 17.2 Å². The lowest BCUT2D eigenvalue weighted by atomic mass is 10.0. The van der Waals surface area contributed by atoms with E-state index in [1.807, 2.05) is 5.38 Å². The van der Waals surface area contributed by atoms with Crippen molar-refractivity contribution in [1.29, 1.82) is 0 Å². The molecular formula is C10H19N3OS. The lowest BCUT2D eigenvalue weighted by molar-refractivity contribution is 0.448. The third-order valence-electron chi connectivity index (χ3n) is 2.35. The van der Waals surface area contributed by atoms with E-state index in [9.17, 15) is 4.79 Å². The van der Waals surface area contributed by atoms with Gasteiger partial charge in [0.25, 0.3) is 0 Å². The molecule has 1 unspecified atom stereocenters. The van der Waals surface area contributed by atoms with Crippen LogP contribution in [0.2, 0.25) is 0 Å². The van der Waals surface area contributed by atoms with Crippen molar-refractivity contribution >= 4 is 11.3 Å². The van der Waals surface area contributed by atoms with Gasteiger partial charge in [-0.2, -0.15) is 0 Å². The number of hydrogen-bond donors (Lipinski definition) is 3. The minimum absolute atomic E-state index is 0.00994. The molecule has 0 spiro atoms. The average molecular weight is 229 g/mol. The summed E-state index contributed by atoms with van der Waals surface area (Å²) in [5.74, 6) is 0.542. The standard InChI is InChI=1S/C10H19N3OS/c1-2-3-8(4-11)5-12-6-9-7-15-10(14)13-9/h7-8,12H,2-6,11H2,1H3,(H,13,14). The lowest BCUT2D eigenvalue weighted by Gasteiger charge is -2.13. The number of thiazole rings is 1. The third-order valence-corrected chi connectivity index (χ3v) is 3.07. The molecule has 4 nitrogen and oxygen atoms in total. The zero-order valence-electron chi connectivity index (χ0n) is 9.08. The van der Waals surface area contributed by atoms with Crippen LogP contribution in [0.1, 0.15) is 25.5 Å². The molecule has 0 bridgehead atoms. The lowest BCUT2D eigenvalue weighted by Crippen LogP contribution is -2.28. The fraction of sp³-hybridized carbons (Fsp3) is 0.700. The van der Waals surface area contributed by atoms with E-state index in [0.717, 1.165) is 31.7 Å². The van der Waals surface area contributed by atoms with Gasteiger partial charge in [0.1, 0.15) is 0 Å². The van der Waals surface area contributed by atoms with E-state index in [1.165, 1.54) is 17.8 Å². The summed E-state index contributed by atoms with van der Waals surface area (Å²) in [6.07, 6.45) is 2.32. The molecule has 1 rings (SSSR count). The summed E-state index contributed by atoms with van der Waals surface area (Å²) in [5.41, 5.74) is 6.60. The highest BCUT2D eigenvalue weighted by Crippen LogP contribution is 2.03. The Bertz CT molecular complexity index is 320. The van der Waals surface area contributed by atoms with Gasteiger partial charge >= 0.3 is 4.87 Å². The first-order chi connectivity index (χ1) is 7.26. The van der Waals surface area contributed by atoms with E-state index in [4.69, 9.17) is 5.73 Å². The molecule has 0 radical (unpaired) electrons. The van der Waals surface area contributed by atoms with Crippen LogP contribution in [0.3, 0.4) is 0 Å². The van der Waals surface area contributed by atoms with Gasteiger partial charge in [-0.3, -0.25) is 4.79 Å². The molecule has 4 N–H and O–H groups in total. The Morgan fingerprint density at radius 2 is 2.47 bits per heavy atom. The van der Waals surface area contributed by atoms with E-state index >= 15 is 0 Å². The summed E-state index contributed by atoms with van der Waals surface area (Å²) < 4.78 is 0. The van der Waals surface area contributed by atoms with Crippen LogP contribution in [0.25, 0.3) is 0 Å². The van der Waals surface area contributed by atoms with Crippen molar-refractivity contribution in [3.63, 3.8) is 0 Å². The van der Waals surface area contributed by atoms with Gasteiger partial charge in [0.05, 0.1) is 0 Å². The van der Waals surface area contributed by atoms with Crippen LogP contribution in [0.5, 0.6) is 0 Å². The quantitative estimate of drug-likeness (QED) is 0.650. The Labute approximate surface area is 93.9 Å². The molecule has 0 fully saturated rings. The Balaban J connectivity index is 2.23. The SMILES string of the molecule is CCCC(CN)CNCc1csc(=O)[nH]1. The Hall–Kier alpha value is -0.650. The summed E-state index contributed by atoms with van der Waals surface area (Å²) in [7, 11) is 0. The van der Waals surface area contributed by atoms with E-state index < -0.39 is 0 Å². The van der Waals surface area contributed by atoms with Crippen LogP contribution in [-0.4, -0.2) is 18.1 Å². The molecule has 5 heteroatoms. The van der Waals surface area contributed by atoms with Crippen molar-refractivity contribution in [2.45, 2.75) is 26.3 Å². The van der Waals surface area contributed by atoms with Gasteiger partial charge in [0.2, 0.25) is 0 Å². The molecule has 1 aromatic heterocycles. The number of aromatic nitrogens is 1. The Morgan fingerprint density at radius 1 is 1.67 bits per heavy atom. The number of nitrogens with two attached hydrogens (primary N) is 1. The van der Waals surface area contributed by atoms with Gasteiger partial charge in [0.15, 0.2) is 0 Å². The van der Waals surface area contributed by atoms with Crippen molar-refractivity contribution < 1.29 is 0 Å². The van der Waals surface area contributed by atoms with Crippen molar-refractivity contribution in [3.8, 4) is 0 Å². The highest BCUT2D eigenvalue weighted by molar-refractivity contribution is 7.07. The highest BCUT2D eigenvalue weighted by atomic mass is 32.1. The molecule has 86 valence electrons. The molecule has 0 amide bonds. The maximum Gasteiger partial charge on any atom is 0.304 e. The van der Waals surface area contributed by atoms with Gasteiger partial charge in [-0.15, -0.1) is 0 Å². The predicted octanol–water partition coefficient (Wildman–Crippen LogP) is 0.901. The molecule has 0 saturated heterocycles. The minimum Gasteiger partial charge on any atom is -0.330 e. The van der Waals surface area contributed by atoms with Crippen LogP contribution in [0, 0.1) is 5.92 Å². The Morgan fingerprint density at radius 3 is 3.00 bits per heavy atom. The molecule has 0 aliphatic carbocycles. The predicted molar refractivity (Wildman–Crippen MR) is 64.1 cm³/mol. The van der Waals surface area contributed by atoms with Crippen LogP contribution in [-0.2, 0) is 6.54 Å². The maximum absolute atomic E-state index is 10.9. The van der Waals surface area contributed by atoms with Crippen molar-refractivity contribution in [1.82, 2.24) is 10.3 Å². The monoisotopic (exact) mass is 229 g/mol. The van der Waals surface area contributed by atoms with Crippen LogP contribution < -0.4 is 15.9 Å². The summed E-state index contributed by atoms with van der Waals surface area (Å²) in [4.78, 5) is 13.6. The molecule has 1 atom stereocenters. The van der Waals surface area contributed by atoms with Gasteiger partial charge < -0.3 is 16.0 Å². The normalized spacial score (nSPS) is 12.9. The highest BCUT2D eigenvalue weighted by Gasteiger charge is 2.04. The summed E-state index contributed by atoms with van der Waals surface area (Å²) in [6, 6.07) is 0. The number of hydrogen-bond acceptors (Lipinski definition) is 4. The van der Waals surface area contributed by atoms with Crippen LogP contribution in [0.15, 0.2) is 10.2 Å². The van der Waals surface area contributed by atoms with Crippen LogP contribution >= 0.6 is 11.3 Å². The summed E-state index contributed by atoms with van der Waals surface area (Å²) >= 11 is 1.20. The van der Waals surface area contributed by atoms with Gasteiger partial charge in [-0.25, -0.2) is 0 Å². The first-order valence-corrected chi connectivity index (χ1v) is 6.21. The first kappa shape index (κ1) is 12.4. The first-order valence-electron chi connectivity index (χ1n) is 5.33. The van der Waals surface area contributed by atoms with E-state index in [-0.39, 0.29) is 4.87 Å². The number of nitrogens with one attached hydrogen (secondary N) is 2. The molecule has 0 aromatic carbocycles. The van der Waals surface area contributed by atoms with Crippen molar-refractivity contribution in [2.75, 3.05) is 13.1 Å². The van der Waals surface area contributed by atoms with Gasteiger partial charge in [-0.05, 0) is 25.4 Å². The maximum atomic E-state index is 10.9. The topological polar surface area (TPSA) is 70.9 Å². The second-order valence-corrected chi connectivity index (χ2v) is 4.54. The zero-order valence-corrected chi connectivity index (χ0v) is 9.90. The number of H-pyrrole nitrogens is 1. The molecular weight excluding hydrogens is 210 g/mol. The average Bonchev–Trinajstić information content (AvgIpc) is 2.63. The Kier molecular flexibility index (Phi) is 5.60. The number of rotatable bonds is 7. The second-order valence-electron chi connectivity index (χ2n) is 3.69. The molecule has 1 aromatic rings. The van der Waals surface area contributed by atoms with Gasteiger partial charge in [-0.1, -0.05) is 24.7 Å². The van der Waals surface area contributed by atoms with Crippen LogP contribution in [0.4, 0.5) is 0 Å².